The maximum absolute atomic E-state index is 12.4. The van der Waals surface area contributed by atoms with Gasteiger partial charge in [-0.25, -0.2) is 9.97 Å². The third kappa shape index (κ3) is 5.09. The summed E-state index contributed by atoms with van der Waals surface area (Å²) in [7, 11) is 0. The average molecular weight is 412 g/mol. The van der Waals surface area contributed by atoms with E-state index in [4.69, 9.17) is 4.74 Å². The van der Waals surface area contributed by atoms with E-state index >= 15 is 0 Å². The number of aliphatic imine (C=N–C) groups is 1. The molecule has 10 heteroatoms. The van der Waals surface area contributed by atoms with Crippen LogP contribution in [0.3, 0.4) is 0 Å². The lowest BCUT2D eigenvalue weighted by molar-refractivity contribution is -0.122. The first-order chi connectivity index (χ1) is 14.2. The highest BCUT2D eigenvalue weighted by Crippen LogP contribution is 2.25. The van der Waals surface area contributed by atoms with Gasteiger partial charge in [0.2, 0.25) is 11.8 Å². The van der Waals surface area contributed by atoms with Crippen LogP contribution >= 0.6 is 11.8 Å². The third-order valence-corrected chi connectivity index (χ3v) is 5.51. The van der Waals surface area contributed by atoms with Gasteiger partial charge in [-0.3, -0.25) is 9.59 Å². The number of benzene rings is 1. The Kier molecular flexibility index (Phi) is 6.01. The molecule has 29 heavy (non-hydrogen) atoms. The van der Waals surface area contributed by atoms with E-state index in [1.54, 1.807) is 18.5 Å². The van der Waals surface area contributed by atoms with Crippen molar-refractivity contribution < 1.29 is 14.3 Å². The predicted octanol–water partition coefficient (Wildman–Crippen LogP) is 1.56. The summed E-state index contributed by atoms with van der Waals surface area (Å²) in [6, 6.07) is 9.37. The fourth-order valence-corrected chi connectivity index (χ4v) is 3.95. The van der Waals surface area contributed by atoms with Crippen molar-refractivity contribution in [3.63, 3.8) is 0 Å². The van der Waals surface area contributed by atoms with Crippen LogP contribution in [0.4, 0.5) is 17.3 Å². The van der Waals surface area contributed by atoms with Crippen LogP contribution in [0.25, 0.3) is 0 Å². The molecule has 2 N–H and O–H groups in total. The quantitative estimate of drug-likeness (QED) is 0.767. The van der Waals surface area contributed by atoms with Gasteiger partial charge in [-0.1, -0.05) is 11.8 Å². The van der Waals surface area contributed by atoms with Gasteiger partial charge < -0.3 is 20.3 Å². The summed E-state index contributed by atoms with van der Waals surface area (Å²) in [5.74, 6) is -0.211. The lowest BCUT2D eigenvalue weighted by Gasteiger charge is -2.28. The summed E-state index contributed by atoms with van der Waals surface area (Å²) < 4.78 is 5.36. The van der Waals surface area contributed by atoms with Crippen molar-refractivity contribution in [3.8, 4) is 0 Å². The number of amidine groups is 1. The molecule has 2 aliphatic rings. The van der Waals surface area contributed by atoms with Crippen LogP contribution in [0, 0.1) is 0 Å². The lowest BCUT2D eigenvalue weighted by Crippen LogP contribution is -2.36. The minimum Gasteiger partial charge on any atom is -0.378 e. The normalized spacial score (nSPS) is 20.6. The van der Waals surface area contributed by atoms with Gasteiger partial charge in [-0.05, 0) is 30.3 Å². The number of hydrogen-bond donors (Lipinski definition) is 2. The first kappa shape index (κ1) is 19.3. The zero-order chi connectivity index (χ0) is 20.1. The van der Waals surface area contributed by atoms with Gasteiger partial charge in [-0.15, -0.1) is 0 Å². The van der Waals surface area contributed by atoms with Gasteiger partial charge in [0.15, 0.2) is 5.17 Å². The molecule has 4 rings (SSSR count). The molecule has 1 unspecified atom stereocenters. The van der Waals surface area contributed by atoms with Crippen molar-refractivity contribution >= 4 is 46.1 Å². The number of ether oxygens (including phenoxy) is 1. The molecule has 1 aromatic carbocycles. The van der Waals surface area contributed by atoms with Gasteiger partial charge in [0.05, 0.1) is 13.2 Å². The molecule has 1 atom stereocenters. The summed E-state index contributed by atoms with van der Waals surface area (Å²) in [4.78, 5) is 38.9. The highest BCUT2D eigenvalue weighted by molar-refractivity contribution is 8.15. The first-order valence-corrected chi connectivity index (χ1v) is 10.1. The number of nitrogens with zero attached hydrogens (tertiary/aromatic N) is 4. The SMILES string of the molecule is O=C(CC1S/C(=N\c2ncccn2)NC1=O)Nc1ccc(N2CCOCC2)cc1. The summed E-state index contributed by atoms with van der Waals surface area (Å²) in [6.45, 7) is 3.16. The average Bonchev–Trinajstić information content (AvgIpc) is 3.08. The van der Waals surface area contributed by atoms with Crippen LogP contribution in [0.5, 0.6) is 0 Å². The zero-order valence-electron chi connectivity index (χ0n) is 15.6. The molecule has 0 radical (unpaired) electrons. The minimum atomic E-state index is -0.537. The molecule has 0 bridgehead atoms. The molecule has 0 saturated carbocycles. The molecule has 0 aliphatic carbocycles. The van der Waals surface area contributed by atoms with Gasteiger partial charge >= 0.3 is 0 Å². The van der Waals surface area contributed by atoms with Crippen molar-refractivity contribution in [3.05, 3.63) is 42.7 Å². The van der Waals surface area contributed by atoms with E-state index in [9.17, 15) is 9.59 Å². The number of hydrogen-bond acceptors (Lipinski definition) is 8. The molecular weight excluding hydrogens is 392 g/mol. The Morgan fingerprint density at radius 2 is 1.97 bits per heavy atom. The fourth-order valence-electron chi connectivity index (χ4n) is 2.99. The van der Waals surface area contributed by atoms with E-state index in [1.165, 1.54) is 11.8 Å². The Hall–Kier alpha value is -2.98. The Balaban J connectivity index is 1.31. The number of carbonyl (C=O) groups is 2. The van der Waals surface area contributed by atoms with Crippen molar-refractivity contribution in [1.29, 1.82) is 0 Å². The second kappa shape index (κ2) is 9.01. The molecular formula is C19H20N6O3S. The molecule has 9 nitrogen and oxygen atoms in total. The van der Waals surface area contributed by atoms with E-state index in [0.29, 0.717) is 10.9 Å². The van der Waals surface area contributed by atoms with E-state index in [1.807, 2.05) is 24.3 Å². The van der Waals surface area contributed by atoms with Crippen molar-refractivity contribution in [2.45, 2.75) is 11.7 Å². The summed E-state index contributed by atoms with van der Waals surface area (Å²) in [6.07, 6.45) is 3.20. The first-order valence-electron chi connectivity index (χ1n) is 9.23. The second-order valence-corrected chi connectivity index (χ2v) is 7.65. The van der Waals surface area contributed by atoms with Crippen LogP contribution in [0.15, 0.2) is 47.7 Å². The zero-order valence-corrected chi connectivity index (χ0v) is 16.4. The number of anilines is 2. The maximum atomic E-state index is 12.4. The van der Waals surface area contributed by atoms with Crippen molar-refractivity contribution in [2.24, 2.45) is 4.99 Å². The molecule has 3 heterocycles. The fraction of sp³-hybridized carbons (Fsp3) is 0.316. The van der Waals surface area contributed by atoms with Crippen molar-refractivity contribution in [1.82, 2.24) is 15.3 Å². The van der Waals surface area contributed by atoms with Gasteiger partial charge in [0.25, 0.3) is 5.95 Å². The molecule has 2 aliphatic heterocycles. The lowest BCUT2D eigenvalue weighted by atomic mass is 10.2. The smallest absolute Gasteiger partial charge is 0.251 e. The number of rotatable bonds is 5. The Morgan fingerprint density at radius 1 is 1.24 bits per heavy atom. The van der Waals surface area contributed by atoms with Crippen LogP contribution < -0.4 is 15.5 Å². The number of thioether (sulfide) groups is 1. The summed E-state index contributed by atoms with van der Waals surface area (Å²) in [5, 5.41) is 5.37. The van der Waals surface area contributed by atoms with Crippen LogP contribution in [-0.4, -0.2) is 58.5 Å². The monoisotopic (exact) mass is 412 g/mol. The van der Waals surface area contributed by atoms with Crippen molar-refractivity contribution in [2.75, 3.05) is 36.5 Å². The van der Waals surface area contributed by atoms with Gasteiger partial charge in [0, 0.05) is 43.3 Å². The minimum absolute atomic E-state index is 0.0520. The van der Waals surface area contributed by atoms with Gasteiger partial charge in [-0.2, -0.15) is 4.99 Å². The number of aromatic nitrogens is 2. The molecule has 2 fully saturated rings. The highest BCUT2D eigenvalue weighted by atomic mass is 32.2. The second-order valence-electron chi connectivity index (χ2n) is 6.46. The molecule has 150 valence electrons. The third-order valence-electron chi connectivity index (χ3n) is 4.43. The number of morpholine rings is 1. The van der Waals surface area contributed by atoms with E-state index in [0.717, 1.165) is 32.0 Å². The van der Waals surface area contributed by atoms with Crippen LogP contribution in [-0.2, 0) is 14.3 Å². The van der Waals surface area contributed by atoms with Gasteiger partial charge in [0.1, 0.15) is 5.25 Å². The Bertz CT molecular complexity index is 900. The summed E-state index contributed by atoms with van der Waals surface area (Å²) in [5.41, 5.74) is 1.79. The Morgan fingerprint density at radius 3 is 2.69 bits per heavy atom. The molecule has 2 saturated heterocycles. The number of carbonyl (C=O) groups excluding carboxylic acids is 2. The largest absolute Gasteiger partial charge is 0.378 e. The number of amides is 2. The standard InChI is InChI=1S/C19H20N6O3S/c26-16(22-13-2-4-14(5-3-13)25-8-10-28-11-9-25)12-15-17(27)23-19(29-15)24-18-20-6-1-7-21-18/h1-7,15H,8-12H2,(H,22,26)(H,20,21,23,24,27). The molecule has 0 spiro atoms. The maximum Gasteiger partial charge on any atom is 0.251 e. The molecule has 2 aromatic rings. The van der Waals surface area contributed by atoms with E-state index < -0.39 is 5.25 Å². The molecule has 2 amide bonds. The van der Waals surface area contributed by atoms with Crippen LogP contribution in [0.1, 0.15) is 6.42 Å². The topological polar surface area (TPSA) is 109 Å². The van der Waals surface area contributed by atoms with E-state index in [-0.39, 0.29) is 24.2 Å². The summed E-state index contributed by atoms with van der Waals surface area (Å²) >= 11 is 1.20. The Labute approximate surface area is 172 Å². The molecule has 1 aromatic heterocycles. The van der Waals surface area contributed by atoms with Crippen LogP contribution in [0.2, 0.25) is 0 Å². The highest BCUT2D eigenvalue weighted by Gasteiger charge is 2.32. The predicted molar refractivity (Wildman–Crippen MR) is 111 cm³/mol. The number of nitrogens with one attached hydrogen (secondary N) is 2. The van der Waals surface area contributed by atoms with E-state index in [2.05, 4.69) is 30.5 Å².